The van der Waals surface area contributed by atoms with E-state index in [-0.39, 0.29) is 24.0 Å². The van der Waals surface area contributed by atoms with E-state index in [2.05, 4.69) is 21.3 Å². The van der Waals surface area contributed by atoms with Crippen molar-refractivity contribution in [2.45, 2.75) is 58.3 Å². The molecule has 1 rings (SSSR count). The van der Waals surface area contributed by atoms with Crippen LogP contribution in [-0.2, 0) is 30.4 Å². The minimum atomic E-state index is -0.979. The number of ketones is 1. The maximum Gasteiger partial charge on any atom is 0.243 e. The van der Waals surface area contributed by atoms with Gasteiger partial charge in [0, 0.05) is 13.3 Å². The van der Waals surface area contributed by atoms with E-state index in [1.807, 2.05) is 6.07 Å². The number of carbonyl (C=O) groups is 5. The van der Waals surface area contributed by atoms with Crippen LogP contribution >= 0.6 is 11.6 Å². The first-order valence-corrected chi connectivity index (χ1v) is 10.4. The van der Waals surface area contributed by atoms with Crippen LogP contribution < -0.4 is 21.3 Å². The highest BCUT2D eigenvalue weighted by molar-refractivity contribution is 6.28. The zero-order valence-corrected chi connectivity index (χ0v) is 18.8. The number of alkyl halides is 1. The summed E-state index contributed by atoms with van der Waals surface area (Å²) in [4.78, 5) is 60.3. The van der Waals surface area contributed by atoms with Gasteiger partial charge in [0.05, 0.1) is 11.9 Å². The van der Waals surface area contributed by atoms with Crippen LogP contribution in [0.3, 0.4) is 0 Å². The minimum Gasteiger partial charge on any atom is -0.345 e. The van der Waals surface area contributed by atoms with Crippen LogP contribution in [0, 0.1) is 0 Å². The molecule has 0 saturated heterocycles. The van der Waals surface area contributed by atoms with Crippen molar-refractivity contribution in [3.8, 4) is 0 Å². The Morgan fingerprint density at radius 2 is 1.29 bits per heavy atom. The second-order valence-corrected chi connectivity index (χ2v) is 7.50. The van der Waals surface area contributed by atoms with Gasteiger partial charge in [-0.3, -0.25) is 24.0 Å². The zero-order chi connectivity index (χ0) is 23.6. The molecule has 9 nitrogen and oxygen atoms in total. The maximum atomic E-state index is 12.7. The van der Waals surface area contributed by atoms with Crippen LogP contribution in [-0.4, -0.2) is 59.5 Å². The molecule has 4 unspecified atom stereocenters. The Labute approximate surface area is 186 Å². The van der Waals surface area contributed by atoms with Gasteiger partial charge in [0.2, 0.25) is 23.6 Å². The molecule has 4 atom stereocenters. The third-order valence-electron chi connectivity index (χ3n) is 4.45. The second kappa shape index (κ2) is 12.7. The molecule has 0 aliphatic heterocycles. The molecule has 31 heavy (non-hydrogen) atoms. The van der Waals surface area contributed by atoms with Gasteiger partial charge in [0.15, 0.2) is 5.78 Å². The number of amides is 4. The number of nitrogens with one attached hydrogen (secondary N) is 4. The van der Waals surface area contributed by atoms with Crippen LogP contribution in [0.4, 0.5) is 0 Å². The van der Waals surface area contributed by atoms with Crippen molar-refractivity contribution in [3.05, 3.63) is 35.9 Å². The number of rotatable bonds is 11. The van der Waals surface area contributed by atoms with Gasteiger partial charge in [0.1, 0.15) is 18.1 Å². The summed E-state index contributed by atoms with van der Waals surface area (Å²) in [7, 11) is 0. The molecule has 0 aliphatic rings. The van der Waals surface area contributed by atoms with Crippen LogP contribution in [0.5, 0.6) is 0 Å². The lowest BCUT2D eigenvalue weighted by molar-refractivity contribution is -0.133. The van der Waals surface area contributed by atoms with Crippen molar-refractivity contribution in [1.29, 1.82) is 0 Å². The van der Waals surface area contributed by atoms with Crippen molar-refractivity contribution < 1.29 is 24.0 Å². The van der Waals surface area contributed by atoms with Gasteiger partial charge in [-0.05, 0) is 26.3 Å². The SMILES string of the molecule is CC(=O)NC(C)C(=O)NC(C)C(=O)NC(Cc1ccccc1)C(=O)NC(C)C(=O)CCl. The van der Waals surface area contributed by atoms with E-state index < -0.39 is 41.9 Å². The Bertz CT molecular complexity index is 802. The van der Waals surface area contributed by atoms with Gasteiger partial charge < -0.3 is 21.3 Å². The molecule has 0 aliphatic carbocycles. The van der Waals surface area contributed by atoms with Gasteiger partial charge in [-0.2, -0.15) is 0 Å². The fraction of sp³-hybridized carbons (Fsp3) is 0.476. The van der Waals surface area contributed by atoms with E-state index in [1.54, 1.807) is 24.3 Å². The van der Waals surface area contributed by atoms with Gasteiger partial charge in [-0.15, -0.1) is 11.6 Å². The Morgan fingerprint density at radius 1 is 0.774 bits per heavy atom. The molecule has 0 saturated carbocycles. The largest absolute Gasteiger partial charge is 0.345 e. The first kappa shape index (κ1) is 26.1. The predicted molar refractivity (Wildman–Crippen MR) is 116 cm³/mol. The van der Waals surface area contributed by atoms with Gasteiger partial charge in [0.25, 0.3) is 0 Å². The Kier molecular flexibility index (Phi) is 10.7. The normalized spacial score (nSPS) is 14.4. The second-order valence-electron chi connectivity index (χ2n) is 7.23. The maximum absolute atomic E-state index is 12.7. The number of halogens is 1. The average molecular weight is 453 g/mol. The van der Waals surface area contributed by atoms with E-state index in [1.165, 1.54) is 27.7 Å². The quantitative estimate of drug-likeness (QED) is 0.352. The van der Waals surface area contributed by atoms with Crippen LogP contribution in [0.25, 0.3) is 0 Å². The molecule has 0 bridgehead atoms. The van der Waals surface area contributed by atoms with Crippen LogP contribution in [0.1, 0.15) is 33.3 Å². The highest BCUT2D eigenvalue weighted by Gasteiger charge is 2.27. The van der Waals surface area contributed by atoms with Crippen molar-refractivity contribution in [1.82, 2.24) is 21.3 Å². The summed E-state index contributed by atoms with van der Waals surface area (Å²) >= 11 is 5.53. The molecule has 0 spiro atoms. The molecule has 1 aromatic rings. The van der Waals surface area contributed by atoms with Crippen molar-refractivity contribution in [2.24, 2.45) is 0 Å². The van der Waals surface area contributed by atoms with Crippen molar-refractivity contribution in [3.63, 3.8) is 0 Å². The summed E-state index contributed by atoms with van der Waals surface area (Å²) in [6.45, 7) is 5.74. The molecular formula is C21H29ClN4O5. The summed E-state index contributed by atoms with van der Waals surface area (Å²) in [5.41, 5.74) is 0.801. The van der Waals surface area contributed by atoms with E-state index in [0.29, 0.717) is 0 Å². The lowest BCUT2D eigenvalue weighted by Crippen LogP contribution is -2.56. The van der Waals surface area contributed by atoms with Crippen molar-refractivity contribution >= 4 is 41.0 Å². The number of carbonyl (C=O) groups excluding carboxylic acids is 5. The van der Waals surface area contributed by atoms with Crippen molar-refractivity contribution in [2.75, 3.05) is 5.88 Å². The smallest absolute Gasteiger partial charge is 0.243 e. The van der Waals surface area contributed by atoms with E-state index >= 15 is 0 Å². The molecule has 170 valence electrons. The monoisotopic (exact) mass is 452 g/mol. The summed E-state index contributed by atoms with van der Waals surface area (Å²) in [6.07, 6.45) is 0.184. The lowest BCUT2D eigenvalue weighted by atomic mass is 10.0. The number of hydrogen-bond donors (Lipinski definition) is 4. The molecular weight excluding hydrogens is 424 g/mol. The molecule has 0 aromatic heterocycles. The van der Waals surface area contributed by atoms with Gasteiger partial charge >= 0.3 is 0 Å². The molecule has 4 N–H and O–H groups in total. The summed E-state index contributed by atoms with van der Waals surface area (Å²) in [5.74, 6) is -2.65. The third-order valence-corrected chi connectivity index (χ3v) is 4.72. The highest BCUT2D eigenvalue weighted by Crippen LogP contribution is 2.05. The number of benzene rings is 1. The molecule has 1 aromatic carbocycles. The molecule has 10 heteroatoms. The summed E-state index contributed by atoms with van der Waals surface area (Å²) < 4.78 is 0. The third kappa shape index (κ3) is 9.17. The Balaban J connectivity index is 2.86. The molecule has 4 amide bonds. The van der Waals surface area contributed by atoms with E-state index in [9.17, 15) is 24.0 Å². The van der Waals surface area contributed by atoms with Gasteiger partial charge in [-0.1, -0.05) is 30.3 Å². The lowest BCUT2D eigenvalue weighted by Gasteiger charge is -2.23. The average Bonchev–Trinajstić information content (AvgIpc) is 2.72. The zero-order valence-electron chi connectivity index (χ0n) is 18.0. The number of Topliss-reactive ketones (excluding diaryl/α,β-unsaturated/α-hetero) is 1. The summed E-state index contributed by atoms with van der Waals surface area (Å²) in [6, 6.07) is 5.47. The molecule has 0 radical (unpaired) electrons. The molecule has 0 heterocycles. The van der Waals surface area contributed by atoms with Crippen LogP contribution in [0.2, 0.25) is 0 Å². The molecule has 0 fully saturated rings. The fourth-order valence-corrected chi connectivity index (χ4v) is 2.87. The first-order valence-electron chi connectivity index (χ1n) is 9.86. The minimum absolute atomic E-state index is 0.184. The van der Waals surface area contributed by atoms with E-state index in [4.69, 9.17) is 11.6 Å². The van der Waals surface area contributed by atoms with Gasteiger partial charge in [-0.25, -0.2) is 0 Å². The standard InChI is InChI=1S/C21H29ClN4O5/c1-12(18(28)11-22)24-21(31)17(10-16-8-6-5-7-9-16)26-20(30)14(3)25-19(29)13(2)23-15(4)27/h5-9,12-14,17H,10-11H2,1-4H3,(H,23,27)(H,24,31)(H,25,29)(H,26,30). The first-order chi connectivity index (χ1) is 14.5. The van der Waals surface area contributed by atoms with E-state index in [0.717, 1.165) is 5.56 Å². The van der Waals surface area contributed by atoms with Crippen LogP contribution in [0.15, 0.2) is 30.3 Å². The highest BCUT2D eigenvalue weighted by atomic mass is 35.5. The fourth-order valence-electron chi connectivity index (χ4n) is 2.64. The Morgan fingerprint density at radius 3 is 1.84 bits per heavy atom. The summed E-state index contributed by atoms with van der Waals surface area (Å²) in [5, 5.41) is 10.1. The number of hydrogen-bond acceptors (Lipinski definition) is 5. The predicted octanol–water partition coefficient (Wildman–Crippen LogP) is 0.0558. The Hall–Kier alpha value is -2.94. The topological polar surface area (TPSA) is 133 Å².